The summed E-state index contributed by atoms with van der Waals surface area (Å²) in [4.78, 5) is 4.66. The molecule has 1 aliphatic heterocycles. The van der Waals surface area contributed by atoms with Crippen LogP contribution >= 0.6 is 0 Å². The van der Waals surface area contributed by atoms with Crippen molar-refractivity contribution in [2.45, 2.75) is 111 Å². The first kappa shape index (κ1) is 22.3. The Bertz CT molecular complexity index is 372. The van der Waals surface area contributed by atoms with Crippen LogP contribution < -0.4 is 5.32 Å². The predicted octanol–water partition coefficient (Wildman–Crippen LogP) is 7.05. The lowest BCUT2D eigenvalue weighted by Crippen LogP contribution is -2.35. The molecule has 0 aromatic rings. The molecule has 1 atom stereocenters. The fourth-order valence-electron chi connectivity index (χ4n) is 3.67. The maximum absolute atomic E-state index is 4.66. The SMILES string of the molecule is CCCCCCCC/C=C\CCCCCCC(C)(CC)C1=NCCN1. The van der Waals surface area contributed by atoms with E-state index in [0.29, 0.717) is 0 Å². The summed E-state index contributed by atoms with van der Waals surface area (Å²) in [5.74, 6) is 1.27. The highest BCUT2D eigenvalue weighted by molar-refractivity contribution is 5.88. The summed E-state index contributed by atoms with van der Waals surface area (Å²) in [6.45, 7) is 8.98. The van der Waals surface area contributed by atoms with Gasteiger partial charge in [-0.15, -0.1) is 0 Å². The van der Waals surface area contributed by atoms with E-state index in [0.717, 1.165) is 13.1 Å². The summed E-state index contributed by atoms with van der Waals surface area (Å²) < 4.78 is 0. The first-order valence-corrected chi connectivity index (χ1v) is 11.2. The van der Waals surface area contributed by atoms with Crippen molar-refractivity contribution in [3.05, 3.63) is 12.2 Å². The number of amidine groups is 1. The van der Waals surface area contributed by atoms with Gasteiger partial charge in [0.05, 0.1) is 6.54 Å². The molecule has 146 valence electrons. The smallest absolute Gasteiger partial charge is 0.102 e. The molecule has 0 aromatic carbocycles. The van der Waals surface area contributed by atoms with E-state index >= 15 is 0 Å². The van der Waals surface area contributed by atoms with Crippen molar-refractivity contribution in [1.29, 1.82) is 0 Å². The van der Waals surface area contributed by atoms with Gasteiger partial charge < -0.3 is 5.32 Å². The van der Waals surface area contributed by atoms with Gasteiger partial charge in [-0.2, -0.15) is 0 Å². The molecule has 0 spiro atoms. The van der Waals surface area contributed by atoms with Crippen LogP contribution in [0.1, 0.15) is 111 Å². The van der Waals surface area contributed by atoms with Gasteiger partial charge in [-0.25, -0.2) is 0 Å². The Balaban J connectivity index is 1.93. The number of nitrogens with zero attached hydrogens (tertiary/aromatic N) is 1. The van der Waals surface area contributed by atoms with Gasteiger partial charge in [-0.3, -0.25) is 4.99 Å². The number of nitrogens with one attached hydrogen (secondary N) is 1. The van der Waals surface area contributed by atoms with Gasteiger partial charge >= 0.3 is 0 Å². The lowest BCUT2D eigenvalue weighted by Gasteiger charge is -2.28. The van der Waals surface area contributed by atoms with Crippen molar-refractivity contribution >= 4 is 5.84 Å². The molecule has 0 bridgehead atoms. The fraction of sp³-hybridized carbons (Fsp3) is 0.870. The van der Waals surface area contributed by atoms with Crippen molar-refractivity contribution in [1.82, 2.24) is 5.32 Å². The van der Waals surface area contributed by atoms with Crippen molar-refractivity contribution < 1.29 is 0 Å². The van der Waals surface area contributed by atoms with Gasteiger partial charge in [0, 0.05) is 12.0 Å². The van der Waals surface area contributed by atoms with E-state index < -0.39 is 0 Å². The Morgan fingerprint density at radius 3 is 2.04 bits per heavy atom. The lowest BCUT2D eigenvalue weighted by molar-refractivity contribution is 0.382. The van der Waals surface area contributed by atoms with Gasteiger partial charge in [0.15, 0.2) is 0 Å². The van der Waals surface area contributed by atoms with E-state index in [2.05, 4.69) is 43.2 Å². The van der Waals surface area contributed by atoms with E-state index in [1.807, 2.05) is 0 Å². The van der Waals surface area contributed by atoms with Crippen LogP contribution in [0.2, 0.25) is 0 Å². The Morgan fingerprint density at radius 2 is 1.48 bits per heavy atom. The van der Waals surface area contributed by atoms with Gasteiger partial charge in [-0.1, -0.05) is 84.3 Å². The summed E-state index contributed by atoms with van der Waals surface area (Å²) >= 11 is 0. The maximum Gasteiger partial charge on any atom is 0.102 e. The second-order valence-corrected chi connectivity index (χ2v) is 8.05. The first-order chi connectivity index (χ1) is 12.2. The summed E-state index contributed by atoms with van der Waals surface area (Å²) in [7, 11) is 0. The third-order valence-corrected chi connectivity index (χ3v) is 5.77. The second-order valence-electron chi connectivity index (χ2n) is 8.05. The van der Waals surface area contributed by atoms with E-state index in [4.69, 9.17) is 0 Å². The second kappa shape index (κ2) is 14.4. The zero-order valence-electron chi connectivity index (χ0n) is 17.4. The highest BCUT2D eigenvalue weighted by Gasteiger charge is 2.29. The minimum Gasteiger partial charge on any atom is -0.372 e. The fourth-order valence-corrected chi connectivity index (χ4v) is 3.67. The number of hydrogen-bond acceptors (Lipinski definition) is 2. The summed E-state index contributed by atoms with van der Waals surface area (Å²) in [5.41, 5.74) is 0.285. The third-order valence-electron chi connectivity index (χ3n) is 5.77. The van der Waals surface area contributed by atoms with Crippen LogP contribution in [0.15, 0.2) is 17.1 Å². The summed E-state index contributed by atoms with van der Waals surface area (Å²) in [5, 5.41) is 3.49. The molecule has 0 saturated carbocycles. The molecule has 0 aromatic heterocycles. The third kappa shape index (κ3) is 10.1. The van der Waals surface area contributed by atoms with Crippen LogP contribution in [0.4, 0.5) is 0 Å². The zero-order chi connectivity index (χ0) is 18.2. The summed E-state index contributed by atoms with van der Waals surface area (Å²) in [6, 6.07) is 0. The number of unbranched alkanes of at least 4 members (excludes halogenated alkanes) is 10. The molecular formula is C23H44N2. The van der Waals surface area contributed by atoms with Crippen LogP contribution in [0.3, 0.4) is 0 Å². The van der Waals surface area contributed by atoms with Crippen LogP contribution in [0.25, 0.3) is 0 Å². The molecule has 0 amide bonds. The molecule has 1 aliphatic rings. The Kier molecular flexibility index (Phi) is 12.8. The molecular weight excluding hydrogens is 304 g/mol. The standard InChI is InChI=1S/C23H44N2/c1-4-6-7-8-9-10-11-12-13-14-15-16-17-18-19-23(3,5-2)22-24-20-21-25-22/h12-13H,4-11,14-21H2,1-3H3,(H,24,25)/b13-12-. The number of aliphatic imine (C=N–C) groups is 1. The topological polar surface area (TPSA) is 24.4 Å². The first-order valence-electron chi connectivity index (χ1n) is 11.2. The Morgan fingerprint density at radius 1 is 0.880 bits per heavy atom. The predicted molar refractivity (Wildman–Crippen MR) is 114 cm³/mol. The molecule has 2 heteroatoms. The molecule has 25 heavy (non-hydrogen) atoms. The minimum absolute atomic E-state index is 0.285. The monoisotopic (exact) mass is 348 g/mol. The maximum atomic E-state index is 4.66. The minimum atomic E-state index is 0.285. The van der Waals surface area contributed by atoms with Gasteiger partial charge in [0.25, 0.3) is 0 Å². The average molecular weight is 349 g/mol. The molecule has 1 N–H and O–H groups in total. The molecule has 1 heterocycles. The Hall–Kier alpha value is -0.790. The molecule has 2 nitrogen and oxygen atoms in total. The number of allylic oxidation sites excluding steroid dienone is 2. The largest absolute Gasteiger partial charge is 0.372 e. The van der Waals surface area contributed by atoms with Crippen molar-refractivity contribution in [3.8, 4) is 0 Å². The number of rotatable bonds is 16. The lowest BCUT2D eigenvalue weighted by atomic mass is 9.80. The normalized spacial score (nSPS) is 16.8. The average Bonchev–Trinajstić information content (AvgIpc) is 3.17. The van der Waals surface area contributed by atoms with Crippen LogP contribution in [0.5, 0.6) is 0 Å². The van der Waals surface area contributed by atoms with Crippen molar-refractivity contribution in [3.63, 3.8) is 0 Å². The van der Waals surface area contributed by atoms with Crippen LogP contribution in [0, 0.1) is 5.41 Å². The quantitative estimate of drug-likeness (QED) is 0.234. The Labute approximate surface area is 158 Å². The van der Waals surface area contributed by atoms with E-state index in [1.165, 1.54) is 95.7 Å². The van der Waals surface area contributed by atoms with Gasteiger partial charge in [0.1, 0.15) is 5.84 Å². The highest BCUT2D eigenvalue weighted by Crippen LogP contribution is 2.30. The van der Waals surface area contributed by atoms with Gasteiger partial charge in [-0.05, 0) is 38.5 Å². The zero-order valence-corrected chi connectivity index (χ0v) is 17.4. The molecule has 0 aliphatic carbocycles. The number of hydrogen-bond donors (Lipinski definition) is 1. The van der Waals surface area contributed by atoms with Crippen LogP contribution in [-0.4, -0.2) is 18.9 Å². The molecule has 0 fully saturated rings. The van der Waals surface area contributed by atoms with Crippen molar-refractivity contribution in [2.75, 3.05) is 13.1 Å². The molecule has 1 unspecified atom stereocenters. The molecule has 0 saturated heterocycles. The van der Waals surface area contributed by atoms with Gasteiger partial charge in [0.2, 0.25) is 0 Å². The van der Waals surface area contributed by atoms with E-state index in [-0.39, 0.29) is 5.41 Å². The van der Waals surface area contributed by atoms with E-state index in [1.54, 1.807) is 0 Å². The van der Waals surface area contributed by atoms with Crippen molar-refractivity contribution in [2.24, 2.45) is 10.4 Å². The summed E-state index contributed by atoms with van der Waals surface area (Å²) in [6.07, 6.45) is 23.7. The molecule has 1 rings (SSSR count). The van der Waals surface area contributed by atoms with Crippen LogP contribution in [-0.2, 0) is 0 Å². The molecule has 0 radical (unpaired) electrons. The van der Waals surface area contributed by atoms with E-state index in [9.17, 15) is 0 Å². The highest BCUT2D eigenvalue weighted by atomic mass is 15.1.